The Morgan fingerprint density at radius 3 is 2.80 bits per heavy atom. The molecule has 15 heavy (non-hydrogen) atoms. The minimum atomic E-state index is -0.255. The zero-order valence-corrected chi connectivity index (χ0v) is 8.26. The molecule has 78 valence electrons. The second-order valence-corrected chi connectivity index (χ2v) is 3.24. The number of aldehydes is 1. The van der Waals surface area contributed by atoms with Crippen LogP contribution in [0.1, 0.15) is 17.4 Å². The molecule has 0 aliphatic carbocycles. The van der Waals surface area contributed by atoms with E-state index in [1.807, 2.05) is 24.3 Å². The van der Waals surface area contributed by atoms with Gasteiger partial charge in [0.25, 0.3) is 0 Å². The molecule has 3 nitrogen and oxygen atoms in total. The maximum absolute atomic E-state index is 10.2. The van der Waals surface area contributed by atoms with Crippen molar-refractivity contribution in [1.29, 1.82) is 0 Å². The normalized spacial score (nSPS) is 17.3. The van der Waals surface area contributed by atoms with E-state index in [1.165, 1.54) is 6.08 Å². The highest BCUT2D eigenvalue weighted by atomic mass is 16.7. The summed E-state index contributed by atoms with van der Waals surface area (Å²) in [4.78, 5) is 10.2. The molecule has 0 aromatic heterocycles. The van der Waals surface area contributed by atoms with Crippen LogP contribution in [-0.2, 0) is 14.3 Å². The van der Waals surface area contributed by atoms with Crippen molar-refractivity contribution in [2.45, 2.75) is 6.29 Å². The molecular formula is C12H12O3. The highest BCUT2D eigenvalue weighted by molar-refractivity contribution is 5.73. The quantitative estimate of drug-likeness (QED) is 0.557. The van der Waals surface area contributed by atoms with Crippen molar-refractivity contribution in [1.82, 2.24) is 0 Å². The van der Waals surface area contributed by atoms with Crippen molar-refractivity contribution in [3.8, 4) is 0 Å². The minimum Gasteiger partial charge on any atom is -0.346 e. The fraction of sp³-hybridized carbons (Fsp3) is 0.250. The molecule has 0 unspecified atom stereocenters. The van der Waals surface area contributed by atoms with Crippen LogP contribution in [0.15, 0.2) is 30.3 Å². The number of rotatable bonds is 3. The lowest BCUT2D eigenvalue weighted by Gasteiger charge is -2.09. The molecule has 1 heterocycles. The fourth-order valence-corrected chi connectivity index (χ4v) is 1.51. The molecule has 3 heteroatoms. The average Bonchev–Trinajstić information content (AvgIpc) is 2.80. The lowest BCUT2D eigenvalue weighted by molar-refractivity contribution is -0.104. The smallest absolute Gasteiger partial charge is 0.184 e. The Morgan fingerprint density at radius 1 is 1.27 bits per heavy atom. The minimum absolute atomic E-state index is 0.255. The Bertz CT molecular complexity index is 365. The number of benzene rings is 1. The van der Waals surface area contributed by atoms with Gasteiger partial charge in [0.15, 0.2) is 6.29 Å². The van der Waals surface area contributed by atoms with Crippen LogP contribution in [0.4, 0.5) is 0 Å². The van der Waals surface area contributed by atoms with Gasteiger partial charge in [-0.05, 0) is 17.7 Å². The standard InChI is InChI=1S/C12H12O3/c13-6-2-4-10-3-1-5-11(9-10)12-14-7-8-15-12/h1-6,9,12H,7-8H2. The summed E-state index contributed by atoms with van der Waals surface area (Å²) in [7, 11) is 0. The molecule has 1 aromatic rings. The van der Waals surface area contributed by atoms with Gasteiger partial charge in [-0.1, -0.05) is 24.3 Å². The van der Waals surface area contributed by atoms with Gasteiger partial charge in [-0.15, -0.1) is 0 Å². The number of carbonyl (C=O) groups excluding carboxylic acids is 1. The highest BCUT2D eigenvalue weighted by Crippen LogP contribution is 2.23. The molecule has 0 radical (unpaired) electrons. The summed E-state index contributed by atoms with van der Waals surface area (Å²) in [6.45, 7) is 1.28. The molecule has 2 rings (SSSR count). The van der Waals surface area contributed by atoms with E-state index in [9.17, 15) is 4.79 Å². The first-order valence-corrected chi connectivity index (χ1v) is 4.85. The lowest BCUT2D eigenvalue weighted by atomic mass is 10.1. The van der Waals surface area contributed by atoms with Crippen LogP contribution in [0.3, 0.4) is 0 Å². The molecule has 0 N–H and O–H groups in total. The topological polar surface area (TPSA) is 35.5 Å². The van der Waals surface area contributed by atoms with E-state index in [0.29, 0.717) is 13.2 Å². The van der Waals surface area contributed by atoms with Gasteiger partial charge in [-0.3, -0.25) is 4.79 Å². The summed E-state index contributed by atoms with van der Waals surface area (Å²) in [6, 6.07) is 7.76. The van der Waals surface area contributed by atoms with E-state index in [1.54, 1.807) is 6.08 Å². The summed E-state index contributed by atoms with van der Waals surface area (Å²) in [5, 5.41) is 0. The molecule has 0 atom stereocenters. The van der Waals surface area contributed by atoms with E-state index in [2.05, 4.69) is 0 Å². The number of hydrogen-bond donors (Lipinski definition) is 0. The lowest BCUT2D eigenvalue weighted by Crippen LogP contribution is -1.97. The Labute approximate surface area is 88.3 Å². The van der Waals surface area contributed by atoms with Crippen molar-refractivity contribution in [2.75, 3.05) is 13.2 Å². The van der Waals surface area contributed by atoms with E-state index in [4.69, 9.17) is 9.47 Å². The van der Waals surface area contributed by atoms with Crippen LogP contribution in [-0.4, -0.2) is 19.5 Å². The molecule has 0 amide bonds. The van der Waals surface area contributed by atoms with Gasteiger partial charge in [0.05, 0.1) is 13.2 Å². The van der Waals surface area contributed by atoms with Crippen LogP contribution in [0.25, 0.3) is 6.08 Å². The monoisotopic (exact) mass is 204 g/mol. The number of ether oxygens (including phenoxy) is 2. The van der Waals surface area contributed by atoms with Crippen LogP contribution < -0.4 is 0 Å². The Kier molecular flexibility index (Phi) is 3.27. The van der Waals surface area contributed by atoms with Crippen LogP contribution in [0, 0.1) is 0 Å². The first-order valence-electron chi connectivity index (χ1n) is 4.85. The van der Waals surface area contributed by atoms with Crippen molar-refractivity contribution < 1.29 is 14.3 Å². The number of allylic oxidation sites excluding steroid dienone is 1. The largest absolute Gasteiger partial charge is 0.346 e. The van der Waals surface area contributed by atoms with Gasteiger partial charge in [0, 0.05) is 5.56 Å². The van der Waals surface area contributed by atoms with Gasteiger partial charge in [-0.25, -0.2) is 0 Å². The van der Waals surface area contributed by atoms with Gasteiger partial charge in [0.1, 0.15) is 6.29 Å². The predicted molar refractivity (Wildman–Crippen MR) is 56.2 cm³/mol. The van der Waals surface area contributed by atoms with Gasteiger partial charge in [0.2, 0.25) is 0 Å². The summed E-state index contributed by atoms with van der Waals surface area (Å²) in [5.74, 6) is 0. The van der Waals surface area contributed by atoms with Gasteiger partial charge >= 0.3 is 0 Å². The van der Waals surface area contributed by atoms with Crippen molar-refractivity contribution in [3.63, 3.8) is 0 Å². The van der Waals surface area contributed by atoms with Crippen molar-refractivity contribution in [3.05, 3.63) is 41.5 Å². The summed E-state index contributed by atoms with van der Waals surface area (Å²) in [5.41, 5.74) is 1.96. The van der Waals surface area contributed by atoms with E-state index >= 15 is 0 Å². The molecule has 1 aliphatic heterocycles. The van der Waals surface area contributed by atoms with E-state index < -0.39 is 0 Å². The SMILES string of the molecule is O=CC=Cc1cccc(C2OCCO2)c1. The second-order valence-electron chi connectivity index (χ2n) is 3.24. The average molecular weight is 204 g/mol. The zero-order valence-electron chi connectivity index (χ0n) is 8.26. The third kappa shape index (κ3) is 2.52. The number of hydrogen-bond acceptors (Lipinski definition) is 3. The molecule has 0 saturated carbocycles. The highest BCUT2D eigenvalue weighted by Gasteiger charge is 2.17. The van der Waals surface area contributed by atoms with Crippen LogP contribution >= 0.6 is 0 Å². The Morgan fingerprint density at radius 2 is 2.07 bits per heavy atom. The maximum Gasteiger partial charge on any atom is 0.184 e. The zero-order chi connectivity index (χ0) is 10.5. The van der Waals surface area contributed by atoms with Crippen molar-refractivity contribution >= 4 is 12.4 Å². The van der Waals surface area contributed by atoms with Gasteiger partial charge < -0.3 is 9.47 Å². The molecule has 1 aliphatic rings. The summed E-state index contributed by atoms with van der Waals surface area (Å²) >= 11 is 0. The fourth-order valence-electron chi connectivity index (χ4n) is 1.51. The first-order chi connectivity index (χ1) is 7.40. The maximum atomic E-state index is 10.2. The molecule has 1 saturated heterocycles. The van der Waals surface area contributed by atoms with E-state index in [-0.39, 0.29) is 6.29 Å². The second kappa shape index (κ2) is 4.87. The third-order valence-corrected chi connectivity index (χ3v) is 2.17. The molecule has 0 bridgehead atoms. The Hall–Kier alpha value is -1.45. The Balaban J connectivity index is 2.17. The van der Waals surface area contributed by atoms with Crippen molar-refractivity contribution in [2.24, 2.45) is 0 Å². The predicted octanol–water partition coefficient (Wildman–Crippen LogP) is 1.94. The molecule has 1 aromatic carbocycles. The van der Waals surface area contributed by atoms with E-state index in [0.717, 1.165) is 17.4 Å². The molecule has 1 fully saturated rings. The first kappa shape index (κ1) is 10.1. The van der Waals surface area contributed by atoms with Crippen LogP contribution in [0.5, 0.6) is 0 Å². The molecule has 0 spiro atoms. The van der Waals surface area contributed by atoms with Gasteiger partial charge in [-0.2, -0.15) is 0 Å². The summed E-state index contributed by atoms with van der Waals surface area (Å²) < 4.78 is 10.8. The summed E-state index contributed by atoms with van der Waals surface area (Å²) in [6.07, 6.45) is 3.73. The third-order valence-electron chi connectivity index (χ3n) is 2.17. The van der Waals surface area contributed by atoms with Crippen LogP contribution in [0.2, 0.25) is 0 Å². The molecular weight excluding hydrogens is 192 g/mol. The number of carbonyl (C=O) groups is 1.